The lowest BCUT2D eigenvalue weighted by molar-refractivity contribution is -0.122. The average Bonchev–Trinajstić information content (AvgIpc) is 3.60. The number of rotatable bonds is 6. The summed E-state index contributed by atoms with van der Waals surface area (Å²) in [6.07, 6.45) is 3.47. The van der Waals surface area contributed by atoms with Crippen molar-refractivity contribution in [1.82, 2.24) is 20.4 Å². The first kappa shape index (κ1) is 22.3. The Hall–Kier alpha value is -1.35. The highest BCUT2D eigenvalue weighted by Crippen LogP contribution is 2.42. The Bertz CT molecular complexity index is 728. The van der Waals surface area contributed by atoms with Crippen LogP contribution in [0.1, 0.15) is 43.2 Å². The highest BCUT2D eigenvalue weighted by Gasteiger charge is 2.40. The number of amides is 1. The zero-order valence-electron chi connectivity index (χ0n) is 17.6. The fourth-order valence-electron chi connectivity index (χ4n) is 4.08. The second kappa shape index (κ2) is 10.1. The van der Waals surface area contributed by atoms with Gasteiger partial charge in [-0.2, -0.15) is 0 Å². The predicted molar refractivity (Wildman–Crippen MR) is 128 cm³/mol. The molecule has 1 heterocycles. The number of nitrogens with zero attached hydrogens (tertiary/aromatic N) is 3. The smallest absolute Gasteiger partial charge is 0.234 e. The lowest BCUT2D eigenvalue weighted by atomic mass is 10.0. The van der Waals surface area contributed by atoms with E-state index in [-0.39, 0.29) is 29.9 Å². The Kier molecular flexibility index (Phi) is 7.79. The second-order valence-electron chi connectivity index (χ2n) is 8.35. The standard InChI is InChI=1S/C22H33N5O.HI/c1-3-23-22(25-20-14-19(20)18-7-5-4-6-16(18)2)27-12-10-26(11-13-27)15-21(28)24-17-8-9-17;/h4-7,17,19-20H,3,8-15H2,1-2H3,(H,23,25)(H,24,28);1H. The van der Waals surface area contributed by atoms with Gasteiger partial charge in [-0.05, 0) is 44.2 Å². The van der Waals surface area contributed by atoms with Gasteiger partial charge in [-0.3, -0.25) is 14.7 Å². The van der Waals surface area contributed by atoms with Gasteiger partial charge >= 0.3 is 0 Å². The molecule has 2 aliphatic carbocycles. The van der Waals surface area contributed by atoms with Gasteiger partial charge in [0, 0.05) is 50.7 Å². The number of piperazine rings is 1. The number of hydrogen-bond acceptors (Lipinski definition) is 3. The van der Waals surface area contributed by atoms with E-state index in [1.54, 1.807) is 0 Å². The molecule has 1 aliphatic heterocycles. The molecule has 2 saturated carbocycles. The van der Waals surface area contributed by atoms with Gasteiger partial charge in [0.25, 0.3) is 0 Å². The summed E-state index contributed by atoms with van der Waals surface area (Å²) in [5.74, 6) is 1.80. The molecule has 2 atom stereocenters. The Morgan fingerprint density at radius 3 is 2.52 bits per heavy atom. The number of carbonyl (C=O) groups is 1. The van der Waals surface area contributed by atoms with Crippen molar-refractivity contribution < 1.29 is 4.79 Å². The Morgan fingerprint density at radius 2 is 1.86 bits per heavy atom. The van der Waals surface area contributed by atoms with Gasteiger partial charge in [-0.15, -0.1) is 24.0 Å². The summed E-state index contributed by atoms with van der Waals surface area (Å²) >= 11 is 0. The van der Waals surface area contributed by atoms with Crippen molar-refractivity contribution in [3.05, 3.63) is 35.4 Å². The van der Waals surface area contributed by atoms with Crippen LogP contribution < -0.4 is 10.6 Å². The van der Waals surface area contributed by atoms with Gasteiger partial charge in [0.2, 0.25) is 5.91 Å². The quantitative estimate of drug-likeness (QED) is 0.350. The predicted octanol–water partition coefficient (Wildman–Crippen LogP) is 2.33. The summed E-state index contributed by atoms with van der Waals surface area (Å²) in [7, 11) is 0. The van der Waals surface area contributed by atoms with Crippen LogP contribution in [0.2, 0.25) is 0 Å². The monoisotopic (exact) mass is 511 g/mol. The average molecular weight is 511 g/mol. The summed E-state index contributed by atoms with van der Waals surface area (Å²) in [4.78, 5) is 21.4. The SMILES string of the molecule is CCN=C(NC1CC1c1ccccc1C)N1CCN(CC(=O)NC2CC2)CC1.I. The molecule has 1 aromatic rings. The zero-order chi connectivity index (χ0) is 19.5. The van der Waals surface area contributed by atoms with E-state index in [1.165, 1.54) is 17.5 Å². The van der Waals surface area contributed by atoms with E-state index in [2.05, 4.69) is 58.5 Å². The first-order valence-corrected chi connectivity index (χ1v) is 10.8. The van der Waals surface area contributed by atoms with Crippen LogP contribution in [-0.2, 0) is 4.79 Å². The lowest BCUT2D eigenvalue weighted by Crippen LogP contribution is -2.54. The summed E-state index contributed by atoms with van der Waals surface area (Å²) in [6, 6.07) is 9.62. The number of aryl methyl sites for hydroxylation is 1. The zero-order valence-corrected chi connectivity index (χ0v) is 19.9. The number of guanidine groups is 1. The number of halogens is 1. The second-order valence-corrected chi connectivity index (χ2v) is 8.35. The topological polar surface area (TPSA) is 60.0 Å². The number of aliphatic imine (C=N–C) groups is 1. The van der Waals surface area contributed by atoms with E-state index in [0.717, 1.165) is 51.5 Å². The van der Waals surface area contributed by atoms with Crippen LogP contribution in [-0.4, -0.2) is 73.0 Å². The minimum absolute atomic E-state index is 0. The van der Waals surface area contributed by atoms with E-state index in [4.69, 9.17) is 4.99 Å². The first-order chi connectivity index (χ1) is 13.6. The molecule has 7 heteroatoms. The van der Waals surface area contributed by atoms with E-state index in [1.807, 2.05) is 0 Å². The van der Waals surface area contributed by atoms with Crippen LogP contribution in [0.4, 0.5) is 0 Å². The molecule has 6 nitrogen and oxygen atoms in total. The largest absolute Gasteiger partial charge is 0.353 e. The molecule has 1 aromatic carbocycles. The van der Waals surface area contributed by atoms with Crippen LogP contribution in [0.25, 0.3) is 0 Å². The van der Waals surface area contributed by atoms with Gasteiger partial charge in [0.15, 0.2) is 5.96 Å². The highest BCUT2D eigenvalue weighted by atomic mass is 127. The van der Waals surface area contributed by atoms with Crippen LogP contribution >= 0.6 is 24.0 Å². The molecule has 0 bridgehead atoms. The molecule has 3 fully saturated rings. The summed E-state index contributed by atoms with van der Waals surface area (Å²) in [5, 5.41) is 6.79. The van der Waals surface area contributed by atoms with Crippen LogP contribution in [0.5, 0.6) is 0 Å². The van der Waals surface area contributed by atoms with Crippen molar-refractivity contribution in [2.24, 2.45) is 4.99 Å². The lowest BCUT2D eigenvalue weighted by Gasteiger charge is -2.36. The maximum absolute atomic E-state index is 12.0. The minimum atomic E-state index is 0. The molecule has 0 radical (unpaired) electrons. The molecule has 0 aromatic heterocycles. The van der Waals surface area contributed by atoms with Crippen molar-refractivity contribution in [2.75, 3.05) is 39.3 Å². The Morgan fingerprint density at radius 1 is 1.14 bits per heavy atom. The molecule has 29 heavy (non-hydrogen) atoms. The van der Waals surface area contributed by atoms with Gasteiger partial charge in [0.05, 0.1) is 6.54 Å². The van der Waals surface area contributed by atoms with Crippen LogP contribution in [0.3, 0.4) is 0 Å². The third kappa shape index (κ3) is 6.07. The maximum Gasteiger partial charge on any atom is 0.234 e. The van der Waals surface area contributed by atoms with Crippen LogP contribution in [0, 0.1) is 6.92 Å². The van der Waals surface area contributed by atoms with Gasteiger partial charge in [0.1, 0.15) is 0 Å². The van der Waals surface area contributed by atoms with E-state index >= 15 is 0 Å². The molecule has 2 N–H and O–H groups in total. The Balaban J connectivity index is 0.00000240. The van der Waals surface area contributed by atoms with Gasteiger partial charge in [-0.1, -0.05) is 24.3 Å². The van der Waals surface area contributed by atoms with Crippen molar-refractivity contribution in [1.29, 1.82) is 0 Å². The Labute approximate surface area is 191 Å². The molecule has 3 aliphatic rings. The van der Waals surface area contributed by atoms with Crippen molar-refractivity contribution >= 4 is 35.8 Å². The number of carbonyl (C=O) groups excluding carboxylic acids is 1. The molecule has 0 spiro atoms. The molecule has 2 unspecified atom stereocenters. The van der Waals surface area contributed by atoms with Crippen LogP contribution in [0.15, 0.2) is 29.3 Å². The fourth-order valence-corrected chi connectivity index (χ4v) is 4.08. The maximum atomic E-state index is 12.0. The van der Waals surface area contributed by atoms with Crippen molar-refractivity contribution in [3.63, 3.8) is 0 Å². The normalized spacial score (nSPS) is 24.6. The first-order valence-electron chi connectivity index (χ1n) is 10.8. The third-order valence-corrected chi connectivity index (χ3v) is 5.98. The minimum Gasteiger partial charge on any atom is -0.353 e. The van der Waals surface area contributed by atoms with Crippen molar-refractivity contribution in [2.45, 2.75) is 51.1 Å². The fraction of sp³-hybridized carbons (Fsp3) is 0.636. The molecule has 160 valence electrons. The van der Waals surface area contributed by atoms with Gasteiger partial charge in [-0.25, -0.2) is 0 Å². The van der Waals surface area contributed by atoms with Crippen molar-refractivity contribution in [3.8, 4) is 0 Å². The molecular formula is C22H34IN5O. The number of hydrogen-bond donors (Lipinski definition) is 2. The third-order valence-electron chi connectivity index (χ3n) is 5.98. The summed E-state index contributed by atoms with van der Waals surface area (Å²) in [6.45, 7) is 9.26. The molecular weight excluding hydrogens is 477 g/mol. The molecule has 4 rings (SSSR count). The number of nitrogens with one attached hydrogen (secondary N) is 2. The number of benzene rings is 1. The molecule has 1 amide bonds. The van der Waals surface area contributed by atoms with Gasteiger partial charge < -0.3 is 15.5 Å². The summed E-state index contributed by atoms with van der Waals surface area (Å²) < 4.78 is 0. The summed E-state index contributed by atoms with van der Waals surface area (Å²) in [5.41, 5.74) is 2.84. The van der Waals surface area contributed by atoms with E-state index in [9.17, 15) is 4.79 Å². The highest BCUT2D eigenvalue weighted by molar-refractivity contribution is 14.0. The van der Waals surface area contributed by atoms with E-state index < -0.39 is 0 Å². The molecule has 1 saturated heterocycles. The van der Waals surface area contributed by atoms with E-state index in [0.29, 0.717) is 24.5 Å².